The number of aromatic nitrogens is 1. The van der Waals surface area contributed by atoms with Crippen LogP contribution in [0.1, 0.15) is 30.6 Å². The lowest BCUT2D eigenvalue weighted by Gasteiger charge is -2.23. The summed E-state index contributed by atoms with van der Waals surface area (Å²) in [5, 5.41) is 11.6. The molecule has 1 aromatic heterocycles. The van der Waals surface area contributed by atoms with Gasteiger partial charge >= 0.3 is 5.97 Å². The zero-order valence-electron chi connectivity index (χ0n) is 11.5. The van der Waals surface area contributed by atoms with Gasteiger partial charge in [0, 0.05) is 25.3 Å². The molecule has 1 aromatic rings. The lowest BCUT2D eigenvalue weighted by Crippen LogP contribution is -2.33. The summed E-state index contributed by atoms with van der Waals surface area (Å²) in [7, 11) is 1.99. The van der Waals surface area contributed by atoms with E-state index in [2.05, 4.69) is 29.0 Å². The predicted octanol–water partition coefficient (Wildman–Crippen LogP) is 2.06. The van der Waals surface area contributed by atoms with Crippen LogP contribution < -0.4 is 5.32 Å². The van der Waals surface area contributed by atoms with Crippen LogP contribution in [-0.2, 0) is 0 Å². The van der Waals surface area contributed by atoms with E-state index in [1.807, 2.05) is 7.05 Å². The Kier molecular flexibility index (Phi) is 5.69. The first-order chi connectivity index (χ1) is 8.97. The van der Waals surface area contributed by atoms with Crippen molar-refractivity contribution in [2.24, 2.45) is 0 Å². The largest absolute Gasteiger partial charge is 0.478 e. The number of hydrogen-bond acceptors (Lipinski definition) is 4. The molecule has 0 spiro atoms. The van der Waals surface area contributed by atoms with Crippen LogP contribution in [0.3, 0.4) is 0 Å². The number of carboxylic acid groups (broad SMARTS) is 1. The Bertz CT molecular complexity index is 440. The number of rotatable bonds is 7. The number of halogens is 1. The summed E-state index contributed by atoms with van der Waals surface area (Å²) in [4.78, 5) is 16.7. The standard InChI is InChI=1S/C13H20FN3O2/c1-4-9(2)17(3)8-7-16-12-11(14)10(13(18)19)5-6-15-12/h5-6,9H,4,7-8H2,1-3H3,(H,15,16)(H,18,19). The topological polar surface area (TPSA) is 65.5 Å². The number of nitrogens with zero attached hydrogens (tertiary/aromatic N) is 2. The molecule has 1 heterocycles. The van der Waals surface area contributed by atoms with Crippen LogP contribution in [-0.4, -0.2) is 47.1 Å². The summed E-state index contributed by atoms with van der Waals surface area (Å²) in [5.74, 6) is -2.13. The second-order valence-electron chi connectivity index (χ2n) is 4.49. The normalized spacial score (nSPS) is 12.5. The average molecular weight is 269 g/mol. The highest BCUT2D eigenvalue weighted by molar-refractivity contribution is 5.88. The number of aromatic carboxylic acids is 1. The predicted molar refractivity (Wildman–Crippen MR) is 72.0 cm³/mol. The average Bonchev–Trinajstić information content (AvgIpc) is 2.39. The van der Waals surface area contributed by atoms with Crippen LogP contribution >= 0.6 is 0 Å². The van der Waals surface area contributed by atoms with Gasteiger partial charge in [-0.1, -0.05) is 6.92 Å². The van der Waals surface area contributed by atoms with E-state index in [4.69, 9.17) is 5.11 Å². The van der Waals surface area contributed by atoms with Crippen molar-refractivity contribution in [3.05, 3.63) is 23.6 Å². The molecule has 0 radical (unpaired) electrons. The molecule has 0 saturated carbocycles. The molecular formula is C13H20FN3O2. The van der Waals surface area contributed by atoms with Crippen LogP contribution in [0, 0.1) is 5.82 Å². The molecule has 6 heteroatoms. The first kappa shape index (κ1) is 15.4. The second-order valence-corrected chi connectivity index (χ2v) is 4.49. The van der Waals surface area contributed by atoms with Gasteiger partial charge in [0.1, 0.15) is 5.56 Å². The number of carboxylic acids is 1. The smallest absolute Gasteiger partial charge is 0.338 e. The van der Waals surface area contributed by atoms with E-state index in [1.165, 1.54) is 6.20 Å². The highest BCUT2D eigenvalue weighted by atomic mass is 19.1. The van der Waals surface area contributed by atoms with Gasteiger partial charge in [-0.05, 0) is 26.5 Å². The molecule has 0 aliphatic carbocycles. The molecule has 0 aliphatic rings. The Morgan fingerprint density at radius 3 is 2.89 bits per heavy atom. The zero-order chi connectivity index (χ0) is 14.4. The molecule has 0 aromatic carbocycles. The van der Waals surface area contributed by atoms with Crippen LogP contribution in [0.15, 0.2) is 12.3 Å². The molecule has 0 amide bonds. The van der Waals surface area contributed by atoms with Gasteiger partial charge in [-0.3, -0.25) is 0 Å². The molecule has 0 saturated heterocycles. The maximum atomic E-state index is 13.8. The molecular weight excluding hydrogens is 249 g/mol. The van der Waals surface area contributed by atoms with Crippen molar-refractivity contribution in [2.75, 3.05) is 25.5 Å². The Labute approximate surface area is 112 Å². The minimum absolute atomic E-state index is 0.0162. The van der Waals surface area contributed by atoms with Crippen molar-refractivity contribution in [2.45, 2.75) is 26.3 Å². The van der Waals surface area contributed by atoms with Gasteiger partial charge in [-0.25, -0.2) is 14.2 Å². The number of hydrogen-bond donors (Lipinski definition) is 2. The quantitative estimate of drug-likeness (QED) is 0.793. The molecule has 2 N–H and O–H groups in total. The van der Waals surface area contributed by atoms with Crippen molar-refractivity contribution < 1.29 is 14.3 Å². The summed E-state index contributed by atoms with van der Waals surface area (Å²) in [6.07, 6.45) is 2.32. The summed E-state index contributed by atoms with van der Waals surface area (Å²) in [6.45, 7) is 5.46. The lowest BCUT2D eigenvalue weighted by atomic mass is 10.2. The third-order valence-electron chi connectivity index (χ3n) is 3.22. The summed E-state index contributed by atoms with van der Waals surface area (Å²) >= 11 is 0. The number of pyridine rings is 1. The highest BCUT2D eigenvalue weighted by Gasteiger charge is 2.15. The molecule has 5 nitrogen and oxygen atoms in total. The number of anilines is 1. The van der Waals surface area contributed by atoms with E-state index in [-0.39, 0.29) is 11.4 Å². The second kappa shape index (κ2) is 7.04. The van der Waals surface area contributed by atoms with E-state index in [0.29, 0.717) is 12.6 Å². The van der Waals surface area contributed by atoms with Gasteiger partial charge in [0.25, 0.3) is 0 Å². The van der Waals surface area contributed by atoms with Crippen LogP contribution in [0.25, 0.3) is 0 Å². The monoisotopic (exact) mass is 269 g/mol. The fourth-order valence-corrected chi connectivity index (χ4v) is 1.61. The van der Waals surface area contributed by atoms with E-state index in [9.17, 15) is 9.18 Å². The maximum Gasteiger partial charge on any atom is 0.338 e. The minimum Gasteiger partial charge on any atom is -0.478 e. The molecule has 0 aliphatic heterocycles. The molecule has 0 fully saturated rings. The van der Waals surface area contributed by atoms with E-state index in [0.717, 1.165) is 19.0 Å². The van der Waals surface area contributed by atoms with Gasteiger partial charge in [0.15, 0.2) is 11.6 Å². The van der Waals surface area contributed by atoms with Gasteiger partial charge < -0.3 is 15.3 Å². The molecule has 1 atom stereocenters. The lowest BCUT2D eigenvalue weighted by molar-refractivity contribution is 0.0692. The van der Waals surface area contributed by atoms with E-state index >= 15 is 0 Å². The number of likely N-dealkylation sites (N-methyl/N-ethyl adjacent to an activating group) is 1. The molecule has 19 heavy (non-hydrogen) atoms. The molecule has 0 bridgehead atoms. The fourth-order valence-electron chi connectivity index (χ4n) is 1.61. The van der Waals surface area contributed by atoms with Crippen LogP contribution in [0.5, 0.6) is 0 Å². The van der Waals surface area contributed by atoms with E-state index < -0.39 is 11.8 Å². The van der Waals surface area contributed by atoms with Crippen molar-refractivity contribution in [3.63, 3.8) is 0 Å². The highest BCUT2D eigenvalue weighted by Crippen LogP contribution is 2.14. The van der Waals surface area contributed by atoms with Gasteiger partial charge in [-0.2, -0.15) is 0 Å². The van der Waals surface area contributed by atoms with Crippen molar-refractivity contribution in [3.8, 4) is 0 Å². The Morgan fingerprint density at radius 2 is 2.32 bits per heavy atom. The van der Waals surface area contributed by atoms with Crippen molar-refractivity contribution in [1.29, 1.82) is 0 Å². The number of nitrogens with one attached hydrogen (secondary N) is 1. The van der Waals surface area contributed by atoms with Crippen LogP contribution in [0.4, 0.5) is 10.2 Å². The SMILES string of the molecule is CCC(C)N(C)CCNc1nccc(C(=O)O)c1F. The summed E-state index contributed by atoms with van der Waals surface area (Å²) in [5.41, 5.74) is -0.368. The Balaban J connectivity index is 2.59. The maximum absolute atomic E-state index is 13.8. The molecule has 106 valence electrons. The minimum atomic E-state index is -1.29. The van der Waals surface area contributed by atoms with E-state index in [1.54, 1.807) is 0 Å². The zero-order valence-corrected chi connectivity index (χ0v) is 11.5. The number of carbonyl (C=O) groups is 1. The van der Waals surface area contributed by atoms with Gasteiger partial charge in [0.05, 0.1) is 0 Å². The first-order valence-corrected chi connectivity index (χ1v) is 6.29. The van der Waals surface area contributed by atoms with Gasteiger partial charge in [0.2, 0.25) is 0 Å². The first-order valence-electron chi connectivity index (χ1n) is 6.29. The molecule has 1 unspecified atom stereocenters. The Morgan fingerprint density at radius 1 is 1.63 bits per heavy atom. The third-order valence-corrected chi connectivity index (χ3v) is 3.22. The summed E-state index contributed by atoms with van der Waals surface area (Å²) < 4.78 is 13.8. The fraction of sp³-hybridized carbons (Fsp3) is 0.538. The summed E-state index contributed by atoms with van der Waals surface area (Å²) in [6, 6.07) is 1.60. The molecule has 1 rings (SSSR count). The van der Waals surface area contributed by atoms with Gasteiger partial charge in [-0.15, -0.1) is 0 Å². The van der Waals surface area contributed by atoms with Crippen molar-refractivity contribution >= 4 is 11.8 Å². The van der Waals surface area contributed by atoms with Crippen molar-refractivity contribution in [1.82, 2.24) is 9.88 Å². The Hall–Kier alpha value is -1.69. The van der Waals surface area contributed by atoms with Crippen LogP contribution in [0.2, 0.25) is 0 Å². The third kappa shape index (κ3) is 4.17.